The third-order valence-corrected chi connectivity index (χ3v) is 6.68. The summed E-state index contributed by atoms with van der Waals surface area (Å²) in [5, 5.41) is 0.833. The van der Waals surface area contributed by atoms with Crippen LogP contribution in [0, 0.1) is 6.92 Å². The van der Waals surface area contributed by atoms with Crippen molar-refractivity contribution in [1.29, 1.82) is 0 Å². The Kier molecular flexibility index (Phi) is 6.45. The van der Waals surface area contributed by atoms with Gasteiger partial charge in [-0.3, -0.25) is 20.4 Å². The Morgan fingerprint density at radius 3 is 2.40 bits per heavy atom. The number of fused-ring (bicyclic) bond motifs is 1. The smallest absolute Gasteiger partial charge is 0.283 e. The Balaban J connectivity index is 1.28. The summed E-state index contributed by atoms with van der Waals surface area (Å²) in [4.78, 5) is 31.0. The lowest BCUT2D eigenvalue weighted by molar-refractivity contribution is -0.134. The maximum Gasteiger partial charge on any atom is 0.283 e. The van der Waals surface area contributed by atoms with Crippen molar-refractivity contribution in [2.24, 2.45) is 0 Å². The van der Waals surface area contributed by atoms with E-state index in [1.54, 1.807) is 18.2 Å². The number of ether oxygens (including phenoxy) is 2. The normalized spacial score (nSPS) is 14.3. The van der Waals surface area contributed by atoms with Crippen molar-refractivity contribution in [2.45, 2.75) is 19.4 Å². The van der Waals surface area contributed by atoms with Crippen molar-refractivity contribution in [3.63, 3.8) is 0 Å². The summed E-state index contributed by atoms with van der Waals surface area (Å²) < 4.78 is 11.3. The number of nitrogens with one attached hydrogen (secondary N) is 2. The van der Waals surface area contributed by atoms with E-state index in [-0.39, 0.29) is 18.9 Å². The van der Waals surface area contributed by atoms with Crippen LogP contribution in [0.5, 0.6) is 11.5 Å². The van der Waals surface area contributed by atoms with Crippen LogP contribution in [0.1, 0.15) is 11.3 Å². The quantitative estimate of drug-likeness (QED) is 0.411. The van der Waals surface area contributed by atoms with E-state index in [0.717, 1.165) is 26.6 Å². The molecule has 1 aliphatic rings. The first kappa shape index (κ1) is 22.6. The molecule has 1 atom stereocenters. The number of hydrazine groups is 1. The highest BCUT2D eigenvalue weighted by molar-refractivity contribution is 7.18. The Bertz CT molecular complexity index is 1350. The predicted molar refractivity (Wildman–Crippen MR) is 134 cm³/mol. The van der Waals surface area contributed by atoms with Crippen LogP contribution in [-0.2, 0) is 16.0 Å². The van der Waals surface area contributed by atoms with Gasteiger partial charge in [-0.1, -0.05) is 72.3 Å². The van der Waals surface area contributed by atoms with Gasteiger partial charge in [0.1, 0.15) is 11.6 Å². The van der Waals surface area contributed by atoms with E-state index in [1.165, 1.54) is 11.3 Å². The van der Waals surface area contributed by atoms with Gasteiger partial charge < -0.3 is 9.47 Å². The highest BCUT2D eigenvalue weighted by atomic mass is 32.1. The number of carbonyl (C=O) groups excluding carboxylic acids is 2. The van der Waals surface area contributed by atoms with E-state index in [4.69, 9.17) is 14.5 Å². The van der Waals surface area contributed by atoms with E-state index < -0.39 is 12.0 Å². The van der Waals surface area contributed by atoms with Gasteiger partial charge in [0.15, 0.2) is 11.5 Å². The molecule has 0 radical (unpaired) electrons. The lowest BCUT2D eigenvalue weighted by Gasteiger charge is -2.25. The molecule has 0 saturated carbocycles. The first-order chi connectivity index (χ1) is 17.1. The lowest BCUT2D eigenvalue weighted by Crippen LogP contribution is -2.51. The van der Waals surface area contributed by atoms with E-state index >= 15 is 0 Å². The summed E-state index contributed by atoms with van der Waals surface area (Å²) in [6, 6.07) is 25.1. The van der Waals surface area contributed by atoms with Gasteiger partial charge in [-0.25, -0.2) is 4.98 Å². The monoisotopic (exact) mass is 485 g/mol. The molecule has 1 aliphatic heterocycles. The fourth-order valence-corrected chi connectivity index (χ4v) is 4.76. The van der Waals surface area contributed by atoms with Gasteiger partial charge in [0.25, 0.3) is 5.91 Å². The number of nitrogens with zero attached hydrogens (tertiary/aromatic N) is 1. The summed E-state index contributed by atoms with van der Waals surface area (Å²) in [6.45, 7) is 2.09. The van der Waals surface area contributed by atoms with Crippen molar-refractivity contribution < 1.29 is 19.1 Å². The zero-order valence-corrected chi connectivity index (χ0v) is 19.8. The largest absolute Gasteiger partial charge is 0.485 e. The molecule has 7 nitrogen and oxygen atoms in total. The van der Waals surface area contributed by atoms with Gasteiger partial charge in [0.05, 0.1) is 17.0 Å². The van der Waals surface area contributed by atoms with Crippen LogP contribution in [-0.4, -0.2) is 29.5 Å². The average Bonchev–Trinajstić information content (AvgIpc) is 3.31. The summed E-state index contributed by atoms with van der Waals surface area (Å²) in [6.07, 6.45) is -0.852. The fourth-order valence-electron chi connectivity index (χ4n) is 3.66. The molecule has 0 fully saturated rings. The Morgan fingerprint density at radius 2 is 1.63 bits per heavy atom. The van der Waals surface area contributed by atoms with Crippen LogP contribution in [0.25, 0.3) is 21.0 Å². The minimum Gasteiger partial charge on any atom is -0.485 e. The third-order valence-electron chi connectivity index (χ3n) is 5.49. The highest BCUT2D eigenvalue weighted by Gasteiger charge is 2.27. The van der Waals surface area contributed by atoms with Crippen molar-refractivity contribution in [3.8, 4) is 32.5 Å². The first-order valence-corrected chi connectivity index (χ1v) is 12.0. The number of amides is 2. The molecule has 5 rings (SSSR count). The molecule has 8 heteroatoms. The molecule has 4 aromatic rings. The second-order valence-electron chi connectivity index (χ2n) is 8.11. The molecule has 1 aromatic heterocycles. The van der Waals surface area contributed by atoms with Gasteiger partial charge in [-0.15, -0.1) is 11.3 Å². The van der Waals surface area contributed by atoms with E-state index in [0.29, 0.717) is 17.2 Å². The fraction of sp³-hybridized carbons (Fsp3) is 0.148. The van der Waals surface area contributed by atoms with Crippen LogP contribution >= 0.6 is 11.3 Å². The molecular weight excluding hydrogens is 462 g/mol. The number of hydrogen-bond donors (Lipinski definition) is 2. The maximum absolute atomic E-state index is 12.7. The number of rotatable bonds is 5. The molecule has 176 valence electrons. The number of thiazole rings is 1. The van der Waals surface area contributed by atoms with Gasteiger partial charge in [0, 0.05) is 5.56 Å². The number of aryl methyl sites for hydroxylation is 1. The maximum atomic E-state index is 12.7. The standard InChI is InChI=1S/C27H23N3O4S/c1-17-11-13-18(14-12-17)25-20(28-27(35-25)19-7-3-2-4-8-19)15-24(31)29-30-26(32)23-16-33-21-9-5-6-10-22(21)34-23/h2-14,23H,15-16H2,1H3,(H,29,31)(H,30,32)/t23-/m1/s1. The third kappa shape index (κ3) is 5.17. The van der Waals surface area contributed by atoms with Crippen molar-refractivity contribution in [3.05, 3.63) is 90.1 Å². The molecule has 2 heterocycles. The second kappa shape index (κ2) is 9.99. The summed E-state index contributed by atoms with van der Waals surface area (Å²) >= 11 is 1.54. The number of aromatic nitrogens is 1. The average molecular weight is 486 g/mol. The van der Waals surface area contributed by atoms with Crippen LogP contribution in [0.4, 0.5) is 0 Å². The Labute approximate surface area is 206 Å². The lowest BCUT2D eigenvalue weighted by atomic mass is 10.1. The van der Waals surface area contributed by atoms with Gasteiger partial charge in [0.2, 0.25) is 12.0 Å². The van der Waals surface area contributed by atoms with Crippen LogP contribution < -0.4 is 20.3 Å². The SMILES string of the molecule is Cc1ccc(-c2sc(-c3ccccc3)nc2CC(=O)NNC(=O)[C@H]2COc3ccccc3O2)cc1. The van der Waals surface area contributed by atoms with Crippen molar-refractivity contribution in [1.82, 2.24) is 15.8 Å². The number of para-hydroxylation sites is 2. The number of benzene rings is 3. The molecular formula is C27H23N3O4S. The molecule has 0 spiro atoms. The summed E-state index contributed by atoms with van der Waals surface area (Å²) in [5.74, 6) is 0.203. The van der Waals surface area contributed by atoms with E-state index in [1.807, 2.05) is 67.6 Å². The molecule has 0 unspecified atom stereocenters. The Hall–Kier alpha value is -4.17. The van der Waals surface area contributed by atoms with Crippen molar-refractivity contribution >= 4 is 23.2 Å². The minimum atomic E-state index is -0.864. The minimum absolute atomic E-state index is 0.0116. The molecule has 35 heavy (non-hydrogen) atoms. The summed E-state index contributed by atoms with van der Waals surface area (Å²) in [5.41, 5.74) is 8.70. The molecule has 2 amide bonds. The van der Waals surface area contributed by atoms with Crippen LogP contribution in [0.2, 0.25) is 0 Å². The second-order valence-corrected chi connectivity index (χ2v) is 9.10. The molecule has 0 bridgehead atoms. The predicted octanol–water partition coefficient (Wildman–Crippen LogP) is 4.32. The van der Waals surface area contributed by atoms with Crippen LogP contribution in [0.15, 0.2) is 78.9 Å². The van der Waals surface area contributed by atoms with Gasteiger partial charge in [-0.05, 0) is 24.6 Å². The molecule has 3 aromatic carbocycles. The van der Waals surface area contributed by atoms with Crippen molar-refractivity contribution in [2.75, 3.05) is 6.61 Å². The van der Waals surface area contributed by atoms with Gasteiger partial charge in [-0.2, -0.15) is 0 Å². The number of hydrogen-bond acceptors (Lipinski definition) is 6. The first-order valence-electron chi connectivity index (χ1n) is 11.2. The zero-order valence-electron chi connectivity index (χ0n) is 19.0. The molecule has 2 N–H and O–H groups in total. The van der Waals surface area contributed by atoms with Crippen LogP contribution in [0.3, 0.4) is 0 Å². The summed E-state index contributed by atoms with van der Waals surface area (Å²) in [7, 11) is 0. The molecule has 0 aliphatic carbocycles. The topological polar surface area (TPSA) is 89.6 Å². The van der Waals surface area contributed by atoms with E-state index in [9.17, 15) is 9.59 Å². The zero-order chi connectivity index (χ0) is 24.2. The highest BCUT2D eigenvalue weighted by Crippen LogP contribution is 2.36. The number of carbonyl (C=O) groups is 2. The molecule has 0 saturated heterocycles. The van der Waals surface area contributed by atoms with E-state index in [2.05, 4.69) is 10.9 Å². The van der Waals surface area contributed by atoms with Gasteiger partial charge >= 0.3 is 0 Å². The Morgan fingerprint density at radius 1 is 0.914 bits per heavy atom.